The molecule has 7 nitrogen and oxygen atoms in total. The number of aliphatic hydroxyl groups is 1. The van der Waals surface area contributed by atoms with Crippen molar-refractivity contribution in [3.8, 4) is 0 Å². The summed E-state index contributed by atoms with van der Waals surface area (Å²) in [7, 11) is 1.20. The van der Waals surface area contributed by atoms with Gasteiger partial charge in [0.05, 0.1) is 13.7 Å². The van der Waals surface area contributed by atoms with Crippen molar-refractivity contribution < 1.29 is 29.0 Å². The summed E-state index contributed by atoms with van der Waals surface area (Å²) in [5.74, 6) is -1.75. The van der Waals surface area contributed by atoms with Crippen molar-refractivity contribution in [2.75, 3.05) is 26.8 Å². The number of esters is 2. The number of ether oxygens (including phenoxy) is 2. The zero-order valence-electron chi connectivity index (χ0n) is 13.2. The highest BCUT2D eigenvalue weighted by Gasteiger charge is 2.37. The van der Waals surface area contributed by atoms with Crippen LogP contribution in [-0.4, -0.2) is 60.8 Å². The van der Waals surface area contributed by atoms with E-state index in [4.69, 9.17) is 4.74 Å². The summed E-state index contributed by atoms with van der Waals surface area (Å²) in [4.78, 5) is 36.1. The fourth-order valence-electron chi connectivity index (χ4n) is 2.03. The summed E-state index contributed by atoms with van der Waals surface area (Å²) in [6, 6.07) is 0. The van der Waals surface area contributed by atoms with E-state index in [0.717, 1.165) is 25.0 Å². The molecule has 1 amide bonds. The Bertz CT molecular complexity index is 451. The van der Waals surface area contributed by atoms with Gasteiger partial charge in [-0.25, -0.2) is 9.59 Å². The third-order valence-electron chi connectivity index (χ3n) is 3.53. The normalized spacial score (nSPS) is 16.6. The lowest BCUT2D eigenvalue weighted by Crippen LogP contribution is -2.47. The van der Waals surface area contributed by atoms with Crippen LogP contribution in [0.1, 0.15) is 26.7 Å². The van der Waals surface area contributed by atoms with Crippen molar-refractivity contribution in [1.82, 2.24) is 4.90 Å². The fourth-order valence-corrected chi connectivity index (χ4v) is 2.03. The van der Waals surface area contributed by atoms with Crippen LogP contribution in [0.4, 0.5) is 0 Å². The van der Waals surface area contributed by atoms with Gasteiger partial charge in [0.1, 0.15) is 6.10 Å². The average Bonchev–Trinajstić information content (AvgIpc) is 3.03. The van der Waals surface area contributed by atoms with Crippen LogP contribution in [0, 0.1) is 5.41 Å². The number of rotatable bonds is 6. The minimum atomic E-state index is -1.25. The smallest absolute Gasteiger partial charge is 0.331 e. The Hall–Kier alpha value is -1.89. The van der Waals surface area contributed by atoms with E-state index < -0.39 is 23.5 Å². The van der Waals surface area contributed by atoms with Gasteiger partial charge in [0.25, 0.3) is 5.91 Å². The Labute approximate surface area is 129 Å². The molecule has 1 heterocycles. The van der Waals surface area contributed by atoms with Crippen LogP contribution in [0.25, 0.3) is 0 Å². The third-order valence-corrected chi connectivity index (χ3v) is 3.53. The Kier molecular flexibility index (Phi) is 6.55. The highest BCUT2D eigenvalue weighted by molar-refractivity contribution is 5.91. The highest BCUT2D eigenvalue weighted by atomic mass is 16.5. The van der Waals surface area contributed by atoms with Gasteiger partial charge in [-0.05, 0) is 12.8 Å². The Balaban J connectivity index is 2.51. The first kappa shape index (κ1) is 18.2. The SMILES string of the molecule is COC(=O)/C=C/C(=O)OCC(C)(C)[C@@H](O)C(=O)N1CCCC1. The van der Waals surface area contributed by atoms with Gasteiger partial charge in [-0.1, -0.05) is 13.8 Å². The van der Waals surface area contributed by atoms with Crippen molar-refractivity contribution in [3.63, 3.8) is 0 Å². The molecule has 22 heavy (non-hydrogen) atoms. The van der Waals surface area contributed by atoms with Crippen LogP contribution >= 0.6 is 0 Å². The molecule has 0 aliphatic carbocycles. The second-order valence-electron chi connectivity index (χ2n) is 5.89. The van der Waals surface area contributed by atoms with Crippen molar-refractivity contribution in [2.24, 2.45) is 5.41 Å². The number of carbonyl (C=O) groups excluding carboxylic acids is 3. The maximum Gasteiger partial charge on any atom is 0.331 e. The summed E-state index contributed by atoms with van der Waals surface area (Å²) in [6.45, 7) is 4.44. The second-order valence-corrected chi connectivity index (χ2v) is 5.89. The average molecular weight is 313 g/mol. The van der Waals surface area contributed by atoms with Crippen molar-refractivity contribution >= 4 is 17.8 Å². The highest BCUT2D eigenvalue weighted by Crippen LogP contribution is 2.24. The molecule has 0 unspecified atom stereocenters. The maximum atomic E-state index is 12.2. The van der Waals surface area contributed by atoms with Gasteiger partial charge in [-0.3, -0.25) is 4.79 Å². The van der Waals surface area contributed by atoms with E-state index in [1.54, 1.807) is 18.7 Å². The first-order valence-electron chi connectivity index (χ1n) is 7.17. The number of methoxy groups -OCH3 is 1. The van der Waals surface area contributed by atoms with E-state index in [0.29, 0.717) is 13.1 Å². The van der Waals surface area contributed by atoms with E-state index in [9.17, 15) is 19.5 Å². The van der Waals surface area contributed by atoms with Gasteiger partial charge >= 0.3 is 11.9 Å². The van der Waals surface area contributed by atoms with E-state index in [1.807, 2.05) is 0 Å². The lowest BCUT2D eigenvalue weighted by Gasteiger charge is -2.31. The first-order valence-corrected chi connectivity index (χ1v) is 7.17. The topological polar surface area (TPSA) is 93.1 Å². The number of nitrogens with zero attached hydrogens (tertiary/aromatic N) is 1. The Morgan fingerprint density at radius 3 is 2.27 bits per heavy atom. The molecule has 0 spiro atoms. The summed E-state index contributed by atoms with van der Waals surface area (Å²) in [6.07, 6.45) is 2.51. The molecule has 0 saturated carbocycles. The summed E-state index contributed by atoms with van der Waals surface area (Å²) in [5, 5.41) is 10.2. The molecule has 0 radical (unpaired) electrons. The number of carbonyl (C=O) groups is 3. The fraction of sp³-hybridized carbons (Fsp3) is 0.667. The van der Waals surface area contributed by atoms with Crippen LogP contribution in [-0.2, 0) is 23.9 Å². The molecule has 0 bridgehead atoms. The molecular formula is C15H23NO6. The molecule has 1 rings (SSSR count). The van der Waals surface area contributed by atoms with Crippen molar-refractivity contribution in [1.29, 1.82) is 0 Å². The molecule has 1 N–H and O–H groups in total. The Morgan fingerprint density at radius 2 is 1.73 bits per heavy atom. The zero-order valence-corrected chi connectivity index (χ0v) is 13.2. The molecule has 0 aromatic rings. The molecule has 124 valence electrons. The molecule has 1 aliphatic heterocycles. The molecule has 1 atom stereocenters. The van der Waals surface area contributed by atoms with Crippen molar-refractivity contribution in [3.05, 3.63) is 12.2 Å². The molecular weight excluding hydrogens is 290 g/mol. The van der Waals surface area contributed by atoms with Crippen LogP contribution in [0.2, 0.25) is 0 Å². The maximum absolute atomic E-state index is 12.2. The van der Waals surface area contributed by atoms with Crippen LogP contribution in [0.3, 0.4) is 0 Å². The monoisotopic (exact) mass is 313 g/mol. The lowest BCUT2D eigenvalue weighted by atomic mass is 9.86. The van der Waals surface area contributed by atoms with Gasteiger partial charge in [-0.2, -0.15) is 0 Å². The van der Waals surface area contributed by atoms with E-state index in [1.165, 1.54) is 7.11 Å². The van der Waals surface area contributed by atoms with E-state index in [-0.39, 0.29) is 12.5 Å². The van der Waals surface area contributed by atoms with Crippen LogP contribution < -0.4 is 0 Å². The largest absolute Gasteiger partial charge is 0.466 e. The van der Waals surface area contributed by atoms with E-state index in [2.05, 4.69) is 4.74 Å². The molecule has 0 aromatic heterocycles. The minimum absolute atomic E-state index is 0.141. The van der Waals surface area contributed by atoms with Gasteiger partial charge in [0.2, 0.25) is 0 Å². The van der Waals surface area contributed by atoms with Gasteiger partial charge < -0.3 is 19.5 Å². The van der Waals surface area contributed by atoms with Crippen LogP contribution in [0.15, 0.2) is 12.2 Å². The Morgan fingerprint density at radius 1 is 1.18 bits per heavy atom. The van der Waals surface area contributed by atoms with E-state index >= 15 is 0 Å². The minimum Gasteiger partial charge on any atom is -0.466 e. The third kappa shape index (κ3) is 5.14. The number of amides is 1. The van der Waals surface area contributed by atoms with Gasteiger partial charge in [0, 0.05) is 30.7 Å². The molecule has 1 saturated heterocycles. The van der Waals surface area contributed by atoms with Gasteiger partial charge in [-0.15, -0.1) is 0 Å². The molecule has 1 aliphatic rings. The summed E-state index contributed by atoms with van der Waals surface area (Å²) >= 11 is 0. The number of likely N-dealkylation sites (tertiary alicyclic amines) is 1. The second kappa shape index (κ2) is 7.93. The van der Waals surface area contributed by atoms with Crippen LogP contribution in [0.5, 0.6) is 0 Å². The zero-order chi connectivity index (χ0) is 16.8. The van der Waals surface area contributed by atoms with Crippen molar-refractivity contribution in [2.45, 2.75) is 32.8 Å². The standard InChI is InChI=1S/C15H23NO6/c1-15(2,10-22-12(18)7-6-11(17)21-3)13(19)14(20)16-8-4-5-9-16/h6-7,13,19H,4-5,8-10H2,1-3H3/b7-6+/t13-/m0/s1. The number of hydrogen-bond acceptors (Lipinski definition) is 6. The predicted octanol–water partition coefficient (Wildman–Crippen LogP) is 0.268. The molecule has 7 heteroatoms. The molecule has 1 fully saturated rings. The lowest BCUT2D eigenvalue weighted by molar-refractivity contribution is -0.154. The molecule has 0 aromatic carbocycles. The quantitative estimate of drug-likeness (QED) is 0.559. The number of aliphatic hydroxyl groups excluding tert-OH is 1. The van der Waals surface area contributed by atoms with Gasteiger partial charge in [0.15, 0.2) is 0 Å². The summed E-state index contributed by atoms with van der Waals surface area (Å²) < 4.78 is 9.32. The summed E-state index contributed by atoms with van der Waals surface area (Å²) in [5.41, 5.74) is -0.922. The first-order chi connectivity index (χ1) is 10.3. The number of hydrogen-bond donors (Lipinski definition) is 1. The predicted molar refractivity (Wildman–Crippen MR) is 77.7 cm³/mol.